The Morgan fingerprint density at radius 3 is 2.67 bits per heavy atom. The van der Waals surface area contributed by atoms with Crippen LogP contribution in [-0.4, -0.2) is 30.4 Å². The topological polar surface area (TPSA) is 58.4 Å². The van der Waals surface area contributed by atoms with Crippen molar-refractivity contribution in [3.05, 3.63) is 23.2 Å². The van der Waals surface area contributed by atoms with Gasteiger partial charge in [-0.15, -0.1) is 0 Å². The highest BCUT2D eigenvalue weighted by Crippen LogP contribution is 2.25. The number of hydrogen-bond donors (Lipinski definition) is 2. The van der Waals surface area contributed by atoms with Crippen LogP contribution in [0.25, 0.3) is 0 Å². The smallest absolute Gasteiger partial charge is 0.238 e. The van der Waals surface area contributed by atoms with Gasteiger partial charge in [-0.25, -0.2) is 0 Å². The van der Waals surface area contributed by atoms with Crippen molar-refractivity contribution in [1.29, 1.82) is 0 Å². The largest absolute Gasteiger partial charge is 0.399 e. The van der Waals surface area contributed by atoms with E-state index in [0.29, 0.717) is 22.9 Å². The predicted molar refractivity (Wildman–Crippen MR) is 88.5 cm³/mol. The van der Waals surface area contributed by atoms with E-state index in [1.165, 1.54) is 12.8 Å². The monoisotopic (exact) mass is 309 g/mol. The number of rotatable bonds is 4. The Bertz CT molecular complexity index is 496. The summed E-state index contributed by atoms with van der Waals surface area (Å²) in [6, 6.07) is 5.11. The van der Waals surface area contributed by atoms with Crippen LogP contribution in [0.2, 0.25) is 5.02 Å². The molecule has 2 rings (SSSR count). The summed E-state index contributed by atoms with van der Waals surface area (Å²) in [5, 5.41) is 3.32. The third kappa shape index (κ3) is 4.61. The Kier molecular flexibility index (Phi) is 5.48. The zero-order chi connectivity index (χ0) is 15.4. The zero-order valence-electron chi connectivity index (χ0n) is 12.7. The lowest BCUT2D eigenvalue weighted by atomic mass is 9.87. The number of nitrogen functional groups attached to an aromatic ring is 1. The summed E-state index contributed by atoms with van der Waals surface area (Å²) in [5.41, 5.74) is 6.85. The minimum atomic E-state index is -0.0235. The number of nitrogens with two attached hydrogens (primary N) is 1. The first kappa shape index (κ1) is 16.1. The molecule has 1 aliphatic rings. The highest BCUT2D eigenvalue weighted by molar-refractivity contribution is 6.34. The van der Waals surface area contributed by atoms with E-state index in [0.717, 1.165) is 24.9 Å². The maximum atomic E-state index is 12.1. The second kappa shape index (κ2) is 7.14. The molecule has 1 heterocycles. The van der Waals surface area contributed by atoms with E-state index in [1.54, 1.807) is 18.2 Å². The molecule has 1 amide bonds. The number of carbonyl (C=O) groups excluding carboxylic acids is 1. The van der Waals surface area contributed by atoms with E-state index in [-0.39, 0.29) is 5.91 Å². The van der Waals surface area contributed by atoms with Gasteiger partial charge in [0.25, 0.3) is 0 Å². The molecule has 5 heteroatoms. The average molecular weight is 310 g/mol. The van der Waals surface area contributed by atoms with E-state index in [9.17, 15) is 4.79 Å². The van der Waals surface area contributed by atoms with Gasteiger partial charge in [0.1, 0.15) is 0 Å². The molecule has 1 aromatic rings. The number of anilines is 2. The van der Waals surface area contributed by atoms with Gasteiger partial charge in [-0.05, 0) is 56.0 Å². The summed E-state index contributed by atoms with van der Waals surface area (Å²) >= 11 is 6.06. The molecule has 0 atom stereocenters. The van der Waals surface area contributed by atoms with Gasteiger partial charge < -0.3 is 11.1 Å². The van der Waals surface area contributed by atoms with Crippen molar-refractivity contribution in [2.75, 3.05) is 30.7 Å². The fourth-order valence-electron chi connectivity index (χ4n) is 2.80. The number of carbonyl (C=O) groups is 1. The molecule has 0 saturated carbocycles. The van der Waals surface area contributed by atoms with Crippen LogP contribution in [0, 0.1) is 11.8 Å². The SMILES string of the molecule is CC(C)C1CCN(CC(=O)Nc2ccc(N)cc2Cl)CC1. The lowest BCUT2D eigenvalue weighted by molar-refractivity contribution is -0.117. The highest BCUT2D eigenvalue weighted by atomic mass is 35.5. The van der Waals surface area contributed by atoms with Crippen LogP contribution >= 0.6 is 11.6 Å². The number of amides is 1. The number of halogens is 1. The molecule has 0 aromatic heterocycles. The molecule has 1 aliphatic heterocycles. The average Bonchev–Trinajstić information content (AvgIpc) is 2.42. The minimum absolute atomic E-state index is 0.0235. The van der Waals surface area contributed by atoms with Gasteiger partial charge in [-0.1, -0.05) is 25.4 Å². The Labute approximate surface area is 131 Å². The lowest BCUT2D eigenvalue weighted by Gasteiger charge is -2.33. The van der Waals surface area contributed by atoms with Gasteiger partial charge >= 0.3 is 0 Å². The van der Waals surface area contributed by atoms with Crippen molar-refractivity contribution in [3.8, 4) is 0 Å². The summed E-state index contributed by atoms with van der Waals surface area (Å²) < 4.78 is 0. The van der Waals surface area contributed by atoms with E-state index in [4.69, 9.17) is 17.3 Å². The Morgan fingerprint density at radius 2 is 2.10 bits per heavy atom. The molecule has 0 unspecified atom stereocenters. The van der Waals surface area contributed by atoms with Gasteiger partial charge in [-0.2, -0.15) is 0 Å². The van der Waals surface area contributed by atoms with Gasteiger partial charge in [0, 0.05) is 5.69 Å². The summed E-state index contributed by atoms with van der Waals surface area (Å²) in [6.45, 7) is 6.95. The molecule has 1 aromatic carbocycles. The van der Waals surface area contributed by atoms with Gasteiger partial charge in [0.15, 0.2) is 0 Å². The van der Waals surface area contributed by atoms with E-state index < -0.39 is 0 Å². The number of nitrogens with zero attached hydrogens (tertiary/aromatic N) is 1. The minimum Gasteiger partial charge on any atom is -0.399 e. The third-order valence-electron chi connectivity index (χ3n) is 4.21. The highest BCUT2D eigenvalue weighted by Gasteiger charge is 2.22. The van der Waals surface area contributed by atoms with Crippen molar-refractivity contribution in [2.45, 2.75) is 26.7 Å². The molecule has 0 aliphatic carbocycles. The molecule has 0 radical (unpaired) electrons. The fourth-order valence-corrected chi connectivity index (χ4v) is 3.04. The van der Waals surface area contributed by atoms with Gasteiger partial charge in [-0.3, -0.25) is 9.69 Å². The summed E-state index contributed by atoms with van der Waals surface area (Å²) in [6.07, 6.45) is 2.35. The maximum absolute atomic E-state index is 12.1. The van der Waals surface area contributed by atoms with Crippen molar-refractivity contribution in [1.82, 2.24) is 4.90 Å². The second-order valence-corrected chi connectivity index (χ2v) is 6.55. The fraction of sp³-hybridized carbons (Fsp3) is 0.562. The van der Waals surface area contributed by atoms with Crippen LogP contribution < -0.4 is 11.1 Å². The van der Waals surface area contributed by atoms with Crippen molar-refractivity contribution >= 4 is 28.9 Å². The second-order valence-electron chi connectivity index (χ2n) is 6.15. The van der Waals surface area contributed by atoms with Crippen molar-refractivity contribution in [2.24, 2.45) is 11.8 Å². The number of benzene rings is 1. The molecular weight excluding hydrogens is 286 g/mol. The maximum Gasteiger partial charge on any atom is 0.238 e. The molecule has 116 valence electrons. The first-order valence-electron chi connectivity index (χ1n) is 7.53. The van der Waals surface area contributed by atoms with Crippen LogP contribution in [-0.2, 0) is 4.79 Å². The normalized spacial score (nSPS) is 17.1. The van der Waals surface area contributed by atoms with E-state index in [2.05, 4.69) is 24.1 Å². The molecule has 4 nitrogen and oxygen atoms in total. The molecule has 0 bridgehead atoms. The number of likely N-dealkylation sites (tertiary alicyclic amines) is 1. The Hall–Kier alpha value is -1.26. The quantitative estimate of drug-likeness (QED) is 0.840. The number of piperidine rings is 1. The van der Waals surface area contributed by atoms with Crippen molar-refractivity contribution < 1.29 is 4.79 Å². The third-order valence-corrected chi connectivity index (χ3v) is 4.52. The Morgan fingerprint density at radius 1 is 1.43 bits per heavy atom. The summed E-state index contributed by atoms with van der Waals surface area (Å²) in [4.78, 5) is 14.3. The molecular formula is C16H24ClN3O. The molecule has 0 spiro atoms. The van der Waals surface area contributed by atoms with E-state index >= 15 is 0 Å². The predicted octanol–water partition coefficient (Wildman–Crippen LogP) is 3.23. The summed E-state index contributed by atoms with van der Waals surface area (Å²) in [7, 11) is 0. The van der Waals surface area contributed by atoms with Gasteiger partial charge in [0.05, 0.1) is 17.3 Å². The first-order chi connectivity index (χ1) is 9.95. The van der Waals surface area contributed by atoms with Crippen LogP contribution in [0.1, 0.15) is 26.7 Å². The molecule has 1 saturated heterocycles. The number of hydrogen-bond acceptors (Lipinski definition) is 3. The van der Waals surface area contributed by atoms with Crippen molar-refractivity contribution in [3.63, 3.8) is 0 Å². The lowest BCUT2D eigenvalue weighted by Crippen LogP contribution is -2.40. The van der Waals surface area contributed by atoms with Gasteiger partial charge in [0.2, 0.25) is 5.91 Å². The molecule has 1 fully saturated rings. The summed E-state index contributed by atoms with van der Waals surface area (Å²) in [5.74, 6) is 1.50. The van der Waals surface area contributed by atoms with Crippen LogP contribution in [0.3, 0.4) is 0 Å². The van der Waals surface area contributed by atoms with Crippen LogP contribution in [0.4, 0.5) is 11.4 Å². The standard InChI is InChI=1S/C16H24ClN3O/c1-11(2)12-5-7-20(8-6-12)10-16(21)19-15-4-3-13(18)9-14(15)17/h3-4,9,11-12H,5-8,10,18H2,1-2H3,(H,19,21). The Balaban J connectivity index is 1.83. The van der Waals surface area contributed by atoms with Crippen LogP contribution in [0.5, 0.6) is 0 Å². The number of nitrogens with one attached hydrogen (secondary N) is 1. The molecule has 21 heavy (non-hydrogen) atoms. The zero-order valence-corrected chi connectivity index (χ0v) is 13.5. The van der Waals surface area contributed by atoms with E-state index in [1.807, 2.05) is 0 Å². The first-order valence-corrected chi connectivity index (χ1v) is 7.90. The van der Waals surface area contributed by atoms with Crippen LogP contribution in [0.15, 0.2) is 18.2 Å². The molecule has 3 N–H and O–H groups in total.